The molecule has 0 aliphatic heterocycles. The largest absolute Gasteiger partial charge is 0.0839 e. The summed E-state index contributed by atoms with van der Waals surface area (Å²) < 4.78 is 0. The van der Waals surface area contributed by atoms with Crippen molar-refractivity contribution in [2.24, 2.45) is 11.3 Å². The third-order valence-corrected chi connectivity index (χ3v) is 2.62. The van der Waals surface area contributed by atoms with E-state index >= 15 is 0 Å². The fraction of sp³-hybridized carbons (Fsp3) is 0.625. The van der Waals surface area contributed by atoms with Gasteiger partial charge in [-0.25, -0.2) is 0 Å². The minimum atomic E-state index is 0.237. The van der Waals surface area contributed by atoms with Crippen LogP contribution in [-0.2, 0) is 0 Å². The van der Waals surface area contributed by atoms with Crippen molar-refractivity contribution in [3.05, 3.63) is 35.5 Å². The Morgan fingerprint density at radius 2 is 1.75 bits per heavy atom. The molecule has 0 saturated carbocycles. The van der Waals surface area contributed by atoms with Gasteiger partial charge in [0.15, 0.2) is 0 Å². The smallest absolute Gasteiger partial charge is 0.0135 e. The monoisotopic (exact) mass is 220 g/mol. The Morgan fingerprint density at radius 3 is 2.06 bits per heavy atom. The second-order valence-electron chi connectivity index (χ2n) is 5.67. The number of rotatable bonds is 4. The highest BCUT2D eigenvalue weighted by molar-refractivity contribution is 5.33. The van der Waals surface area contributed by atoms with E-state index in [9.17, 15) is 0 Å². The molecule has 92 valence electrons. The molecule has 0 radical (unpaired) electrons. The highest BCUT2D eigenvalue weighted by Crippen LogP contribution is 2.27. The first-order chi connectivity index (χ1) is 7.31. The highest BCUT2D eigenvalue weighted by Gasteiger charge is 2.13. The summed E-state index contributed by atoms with van der Waals surface area (Å²) >= 11 is 0. The zero-order valence-corrected chi connectivity index (χ0v) is 12.1. The van der Waals surface area contributed by atoms with Gasteiger partial charge in [-0.3, -0.25) is 0 Å². The zero-order valence-electron chi connectivity index (χ0n) is 12.1. The van der Waals surface area contributed by atoms with Crippen LogP contribution in [0, 0.1) is 11.3 Å². The summed E-state index contributed by atoms with van der Waals surface area (Å²) in [5, 5.41) is 0. The summed E-state index contributed by atoms with van der Waals surface area (Å²) in [4.78, 5) is 0. The van der Waals surface area contributed by atoms with Crippen LogP contribution in [0.2, 0.25) is 0 Å². The van der Waals surface area contributed by atoms with Gasteiger partial charge in [0.1, 0.15) is 0 Å². The van der Waals surface area contributed by atoms with Gasteiger partial charge in [0.2, 0.25) is 0 Å². The van der Waals surface area contributed by atoms with Crippen LogP contribution in [0.3, 0.4) is 0 Å². The van der Waals surface area contributed by atoms with Gasteiger partial charge in [0.05, 0.1) is 0 Å². The van der Waals surface area contributed by atoms with Crippen molar-refractivity contribution in [1.29, 1.82) is 0 Å². The molecular weight excluding hydrogens is 192 g/mol. The molecular formula is C16H28. The molecule has 0 fully saturated rings. The van der Waals surface area contributed by atoms with Crippen molar-refractivity contribution in [1.82, 2.24) is 0 Å². The lowest BCUT2D eigenvalue weighted by molar-refractivity contribution is 0.515. The highest BCUT2D eigenvalue weighted by atomic mass is 14.2. The summed E-state index contributed by atoms with van der Waals surface area (Å²) in [5.41, 5.74) is 3.07. The molecule has 0 aliphatic carbocycles. The van der Waals surface area contributed by atoms with Crippen LogP contribution in [0.4, 0.5) is 0 Å². The molecule has 0 aliphatic rings. The zero-order chi connectivity index (χ0) is 12.8. The Balaban J connectivity index is 4.95. The Labute approximate surface area is 102 Å². The molecule has 0 heterocycles. The maximum atomic E-state index is 2.33. The van der Waals surface area contributed by atoms with Gasteiger partial charge in [-0.15, -0.1) is 0 Å². The van der Waals surface area contributed by atoms with Crippen LogP contribution in [-0.4, -0.2) is 0 Å². The van der Waals surface area contributed by atoms with Gasteiger partial charge in [-0.2, -0.15) is 0 Å². The topological polar surface area (TPSA) is 0 Å². The van der Waals surface area contributed by atoms with Crippen LogP contribution >= 0.6 is 0 Å². The van der Waals surface area contributed by atoms with Crippen LogP contribution in [0.5, 0.6) is 0 Å². The molecule has 0 heteroatoms. The third-order valence-electron chi connectivity index (χ3n) is 2.62. The average Bonchev–Trinajstić information content (AvgIpc) is 2.16. The van der Waals surface area contributed by atoms with E-state index < -0.39 is 0 Å². The quantitative estimate of drug-likeness (QED) is 0.547. The van der Waals surface area contributed by atoms with Gasteiger partial charge >= 0.3 is 0 Å². The van der Waals surface area contributed by atoms with Crippen LogP contribution in [0.15, 0.2) is 35.5 Å². The number of hydrogen-bond acceptors (Lipinski definition) is 0. The minimum absolute atomic E-state index is 0.237. The predicted molar refractivity (Wildman–Crippen MR) is 75.6 cm³/mol. The van der Waals surface area contributed by atoms with Gasteiger partial charge in [0.25, 0.3) is 0 Å². The fourth-order valence-electron chi connectivity index (χ4n) is 1.52. The molecule has 0 amide bonds. The molecule has 0 N–H and O–H groups in total. The van der Waals surface area contributed by atoms with Crippen molar-refractivity contribution in [3.8, 4) is 0 Å². The molecule has 16 heavy (non-hydrogen) atoms. The lowest BCUT2D eigenvalue weighted by Crippen LogP contribution is -2.07. The molecule has 0 aromatic rings. The fourth-order valence-corrected chi connectivity index (χ4v) is 1.52. The van der Waals surface area contributed by atoms with Gasteiger partial charge in [0, 0.05) is 0 Å². The van der Waals surface area contributed by atoms with Gasteiger partial charge in [-0.05, 0) is 35.8 Å². The molecule has 0 rings (SSSR count). The lowest BCUT2D eigenvalue weighted by atomic mass is 9.85. The van der Waals surface area contributed by atoms with E-state index in [-0.39, 0.29) is 5.41 Å². The van der Waals surface area contributed by atoms with Crippen molar-refractivity contribution in [2.45, 2.75) is 54.9 Å². The van der Waals surface area contributed by atoms with Crippen molar-refractivity contribution < 1.29 is 0 Å². The SMILES string of the molecule is C/C=C(/C=C(\C=C\C(C)C)CC)C(C)(C)C. The predicted octanol–water partition coefficient (Wildman–Crippen LogP) is 5.53. The van der Waals surface area contributed by atoms with E-state index in [1.807, 2.05) is 0 Å². The van der Waals surface area contributed by atoms with Crippen LogP contribution in [0.1, 0.15) is 54.9 Å². The van der Waals surface area contributed by atoms with Gasteiger partial charge in [-0.1, -0.05) is 65.8 Å². The lowest BCUT2D eigenvalue weighted by Gasteiger charge is -2.20. The Morgan fingerprint density at radius 1 is 1.19 bits per heavy atom. The van der Waals surface area contributed by atoms with Crippen molar-refractivity contribution >= 4 is 0 Å². The number of hydrogen-bond donors (Lipinski definition) is 0. The summed E-state index contributed by atoms with van der Waals surface area (Å²) in [5.74, 6) is 0.624. The maximum Gasteiger partial charge on any atom is -0.0135 e. The second-order valence-corrected chi connectivity index (χ2v) is 5.67. The van der Waals surface area contributed by atoms with Gasteiger partial charge < -0.3 is 0 Å². The van der Waals surface area contributed by atoms with Crippen molar-refractivity contribution in [3.63, 3.8) is 0 Å². The van der Waals surface area contributed by atoms with E-state index in [1.54, 1.807) is 0 Å². The summed E-state index contributed by atoms with van der Waals surface area (Å²) in [6.45, 7) is 15.5. The first-order valence-electron chi connectivity index (χ1n) is 6.36. The molecule has 0 aromatic heterocycles. The maximum absolute atomic E-state index is 2.33. The third kappa shape index (κ3) is 5.95. The van der Waals surface area contributed by atoms with Crippen molar-refractivity contribution in [2.75, 3.05) is 0 Å². The molecule has 0 saturated heterocycles. The minimum Gasteiger partial charge on any atom is -0.0839 e. The second kappa shape index (κ2) is 6.73. The molecule has 0 bridgehead atoms. The summed E-state index contributed by atoms with van der Waals surface area (Å²) in [7, 11) is 0. The Hall–Kier alpha value is -0.780. The van der Waals surface area contributed by atoms with E-state index in [1.165, 1.54) is 11.1 Å². The molecule has 0 spiro atoms. The number of allylic oxidation sites excluding steroid dienone is 6. The summed E-state index contributed by atoms with van der Waals surface area (Å²) in [6.07, 6.45) is 10.2. The first kappa shape index (κ1) is 15.2. The Kier molecular flexibility index (Phi) is 6.40. The molecule has 0 nitrogen and oxygen atoms in total. The van der Waals surface area contributed by atoms with Crippen LogP contribution in [0.25, 0.3) is 0 Å². The molecule has 0 atom stereocenters. The van der Waals surface area contributed by atoms with E-state index in [0.717, 1.165) is 6.42 Å². The average molecular weight is 220 g/mol. The molecule has 0 unspecified atom stereocenters. The molecule has 0 aromatic carbocycles. The normalized spacial score (nSPS) is 15.2. The van der Waals surface area contributed by atoms with E-state index in [2.05, 4.69) is 72.8 Å². The summed E-state index contributed by atoms with van der Waals surface area (Å²) in [6, 6.07) is 0. The first-order valence-corrected chi connectivity index (χ1v) is 6.36. The van der Waals surface area contributed by atoms with E-state index in [0.29, 0.717) is 5.92 Å². The van der Waals surface area contributed by atoms with E-state index in [4.69, 9.17) is 0 Å². The van der Waals surface area contributed by atoms with Crippen LogP contribution < -0.4 is 0 Å². The standard InChI is InChI=1S/C16H28/c1-8-14(11-10-13(3)4)12-15(9-2)16(5,6)7/h9-13H,8H2,1-7H3/b11-10+,14-12-,15-9-. The Bertz CT molecular complexity index is 280.